The van der Waals surface area contributed by atoms with Crippen LogP contribution in [0.3, 0.4) is 0 Å². The zero-order valence-corrected chi connectivity index (χ0v) is 15.4. The average Bonchev–Trinajstić information content (AvgIpc) is 3.01. The molecule has 0 spiro atoms. The zero-order valence-electron chi connectivity index (χ0n) is 15.4. The van der Waals surface area contributed by atoms with E-state index in [9.17, 15) is 0 Å². The van der Waals surface area contributed by atoms with E-state index >= 15 is 0 Å². The van der Waals surface area contributed by atoms with Gasteiger partial charge in [-0.1, -0.05) is 30.3 Å². The van der Waals surface area contributed by atoms with Crippen molar-refractivity contribution < 1.29 is 4.74 Å². The maximum Gasteiger partial charge on any atom is 0.176 e. The molecule has 0 saturated carbocycles. The van der Waals surface area contributed by atoms with Crippen molar-refractivity contribution in [2.24, 2.45) is 0 Å². The fourth-order valence-corrected chi connectivity index (χ4v) is 3.58. The first-order valence-corrected chi connectivity index (χ1v) is 8.90. The lowest BCUT2D eigenvalue weighted by Gasteiger charge is -2.41. The molecule has 0 radical (unpaired) electrons. The van der Waals surface area contributed by atoms with Crippen LogP contribution < -0.4 is 4.90 Å². The highest BCUT2D eigenvalue weighted by molar-refractivity contribution is 5.45. The molecule has 2 atom stereocenters. The Morgan fingerprint density at radius 2 is 1.96 bits per heavy atom. The minimum absolute atomic E-state index is 0.0659. The first-order valence-electron chi connectivity index (χ1n) is 8.90. The van der Waals surface area contributed by atoms with E-state index in [2.05, 4.69) is 56.3 Å². The summed E-state index contributed by atoms with van der Waals surface area (Å²) >= 11 is 0. The molecule has 1 fully saturated rings. The van der Waals surface area contributed by atoms with Crippen molar-refractivity contribution in [1.82, 2.24) is 24.7 Å². The first-order chi connectivity index (χ1) is 12.6. The van der Waals surface area contributed by atoms with Gasteiger partial charge in [0.15, 0.2) is 11.5 Å². The lowest BCUT2D eigenvalue weighted by Crippen LogP contribution is -2.48. The maximum absolute atomic E-state index is 6.15. The summed E-state index contributed by atoms with van der Waals surface area (Å²) in [5.41, 5.74) is 2.04. The van der Waals surface area contributed by atoms with E-state index in [0.717, 1.165) is 37.0 Å². The van der Waals surface area contributed by atoms with E-state index in [1.807, 2.05) is 32.2 Å². The van der Waals surface area contributed by atoms with Crippen LogP contribution in [0.15, 0.2) is 42.5 Å². The summed E-state index contributed by atoms with van der Waals surface area (Å²) in [6.45, 7) is 4.29. The highest BCUT2D eigenvalue weighted by atomic mass is 16.5. The summed E-state index contributed by atoms with van der Waals surface area (Å²) in [4.78, 5) is 8.82. The minimum atomic E-state index is 0.0659. The van der Waals surface area contributed by atoms with E-state index in [4.69, 9.17) is 4.74 Å². The van der Waals surface area contributed by atoms with Crippen molar-refractivity contribution in [2.45, 2.75) is 19.1 Å². The lowest BCUT2D eigenvalue weighted by molar-refractivity contribution is -0.0580. The number of hydrogen-bond donors (Lipinski definition) is 0. The molecule has 26 heavy (non-hydrogen) atoms. The van der Waals surface area contributed by atoms with Crippen LogP contribution >= 0.6 is 0 Å². The third-order valence-corrected chi connectivity index (χ3v) is 4.89. The van der Waals surface area contributed by atoms with Crippen molar-refractivity contribution >= 4 is 11.5 Å². The second-order valence-corrected chi connectivity index (χ2v) is 6.82. The molecule has 0 bridgehead atoms. The minimum Gasteiger partial charge on any atom is -0.373 e. The topological polar surface area (TPSA) is 58.8 Å². The molecular weight excluding hydrogens is 328 g/mol. The first kappa shape index (κ1) is 16.9. The molecule has 0 unspecified atom stereocenters. The van der Waals surface area contributed by atoms with Gasteiger partial charge in [-0.3, -0.25) is 4.90 Å². The molecular formula is C19H24N6O. The van der Waals surface area contributed by atoms with Crippen LogP contribution in [0.25, 0.3) is 5.65 Å². The van der Waals surface area contributed by atoms with Crippen LogP contribution in [0.4, 0.5) is 5.82 Å². The number of aryl methyl sites for hydroxylation is 1. The summed E-state index contributed by atoms with van der Waals surface area (Å²) < 4.78 is 7.74. The second-order valence-electron chi connectivity index (χ2n) is 6.82. The largest absolute Gasteiger partial charge is 0.373 e. The number of hydrogen-bond acceptors (Lipinski definition) is 6. The van der Waals surface area contributed by atoms with Gasteiger partial charge in [-0.2, -0.15) is 0 Å². The van der Waals surface area contributed by atoms with Crippen LogP contribution in [0.1, 0.15) is 17.4 Å². The molecule has 1 aliphatic heterocycles. The number of rotatable bonds is 4. The van der Waals surface area contributed by atoms with Crippen molar-refractivity contribution in [1.29, 1.82) is 0 Å². The van der Waals surface area contributed by atoms with Gasteiger partial charge in [0, 0.05) is 20.1 Å². The lowest BCUT2D eigenvalue weighted by atomic mass is 9.98. The third kappa shape index (κ3) is 3.27. The fourth-order valence-electron chi connectivity index (χ4n) is 3.58. The van der Waals surface area contributed by atoms with Crippen LogP contribution in [-0.2, 0) is 4.74 Å². The van der Waals surface area contributed by atoms with Gasteiger partial charge in [0.1, 0.15) is 5.82 Å². The van der Waals surface area contributed by atoms with Crippen molar-refractivity contribution in [3.8, 4) is 0 Å². The van der Waals surface area contributed by atoms with E-state index in [0.29, 0.717) is 0 Å². The summed E-state index contributed by atoms with van der Waals surface area (Å²) in [5, 5.41) is 8.88. The molecule has 0 amide bonds. The summed E-state index contributed by atoms with van der Waals surface area (Å²) in [6, 6.07) is 14.7. The molecule has 1 aliphatic rings. The SMILES string of the molecule is Cc1nc2ccc(N(C)C[C@@H]3OCCN(C)[C@H]3c3ccccc3)nn2n1. The van der Waals surface area contributed by atoms with Crippen LogP contribution in [-0.4, -0.2) is 64.6 Å². The van der Waals surface area contributed by atoms with Crippen molar-refractivity contribution in [2.75, 3.05) is 38.7 Å². The van der Waals surface area contributed by atoms with Gasteiger partial charge in [0.25, 0.3) is 0 Å². The van der Waals surface area contributed by atoms with Crippen LogP contribution in [0, 0.1) is 6.92 Å². The van der Waals surface area contributed by atoms with E-state index in [1.165, 1.54) is 5.56 Å². The molecule has 0 N–H and O–H groups in total. The highest BCUT2D eigenvalue weighted by Gasteiger charge is 2.32. The Hall–Kier alpha value is -2.51. The molecule has 136 valence electrons. The Morgan fingerprint density at radius 1 is 1.15 bits per heavy atom. The molecule has 7 heteroatoms. The van der Waals surface area contributed by atoms with E-state index in [-0.39, 0.29) is 12.1 Å². The Bertz CT molecular complexity index is 880. The number of fused-ring (bicyclic) bond motifs is 1. The number of ether oxygens (including phenoxy) is 1. The Balaban J connectivity index is 1.56. The number of nitrogens with zero attached hydrogens (tertiary/aromatic N) is 6. The monoisotopic (exact) mass is 352 g/mol. The summed E-state index contributed by atoms with van der Waals surface area (Å²) in [5.74, 6) is 1.57. The van der Waals surface area contributed by atoms with Gasteiger partial charge in [-0.25, -0.2) is 4.98 Å². The molecule has 7 nitrogen and oxygen atoms in total. The number of morpholine rings is 1. The summed E-state index contributed by atoms with van der Waals surface area (Å²) in [7, 11) is 4.20. The van der Waals surface area contributed by atoms with E-state index < -0.39 is 0 Å². The smallest absolute Gasteiger partial charge is 0.176 e. The molecule has 1 saturated heterocycles. The molecule has 3 heterocycles. The number of aromatic nitrogens is 4. The van der Waals surface area contributed by atoms with Gasteiger partial charge in [-0.05, 0) is 31.7 Å². The molecule has 1 aromatic carbocycles. The quantitative estimate of drug-likeness (QED) is 0.715. The van der Waals surface area contributed by atoms with Gasteiger partial charge in [-0.15, -0.1) is 14.8 Å². The third-order valence-electron chi connectivity index (χ3n) is 4.89. The van der Waals surface area contributed by atoms with Crippen molar-refractivity contribution in [3.05, 3.63) is 53.9 Å². The molecule has 4 rings (SSSR count). The highest BCUT2D eigenvalue weighted by Crippen LogP contribution is 2.29. The fraction of sp³-hybridized carbons (Fsp3) is 0.421. The molecule has 0 aliphatic carbocycles. The predicted octanol–water partition coefficient (Wildman–Crippen LogP) is 1.94. The molecule has 2 aromatic heterocycles. The normalized spacial score (nSPS) is 21.2. The van der Waals surface area contributed by atoms with Gasteiger partial charge in [0.05, 0.1) is 18.8 Å². The maximum atomic E-state index is 6.15. The number of anilines is 1. The Morgan fingerprint density at radius 3 is 2.77 bits per heavy atom. The predicted molar refractivity (Wildman–Crippen MR) is 100 cm³/mol. The second kappa shape index (κ2) is 7.01. The van der Waals surface area contributed by atoms with E-state index in [1.54, 1.807) is 4.63 Å². The summed E-state index contributed by atoms with van der Waals surface area (Å²) in [6.07, 6.45) is 0.0659. The van der Waals surface area contributed by atoms with Crippen LogP contribution in [0.2, 0.25) is 0 Å². The zero-order chi connectivity index (χ0) is 18.1. The Kier molecular flexibility index (Phi) is 4.57. The average molecular weight is 352 g/mol. The number of likely N-dealkylation sites (N-methyl/N-ethyl adjacent to an activating group) is 2. The van der Waals surface area contributed by atoms with Gasteiger partial charge in [0.2, 0.25) is 0 Å². The Labute approximate surface area is 153 Å². The van der Waals surface area contributed by atoms with Crippen molar-refractivity contribution in [3.63, 3.8) is 0 Å². The standard InChI is InChI=1S/C19H24N6O/c1-14-20-17-9-10-18(22-25(17)21-14)24(3)13-16-19(23(2)11-12-26-16)15-7-5-4-6-8-15/h4-10,16,19H,11-13H2,1-3H3/t16-,19-/m0/s1. The number of benzene rings is 1. The molecule has 3 aromatic rings. The van der Waals surface area contributed by atoms with Gasteiger partial charge < -0.3 is 9.64 Å². The van der Waals surface area contributed by atoms with Gasteiger partial charge >= 0.3 is 0 Å². The van der Waals surface area contributed by atoms with Crippen LogP contribution in [0.5, 0.6) is 0 Å².